The number of ether oxygens (including phenoxy) is 2. The molecule has 0 spiro atoms. The van der Waals surface area contributed by atoms with Crippen molar-refractivity contribution in [1.82, 2.24) is 0 Å². The monoisotopic (exact) mass is 477 g/mol. The third-order valence-electron chi connectivity index (χ3n) is 6.85. The summed E-state index contributed by atoms with van der Waals surface area (Å²) in [5.41, 5.74) is 1.47. The summed E-state index contributed by atoms with van der Waals surface area (Å²) in [6.07, 6.45) is 2.70. The molecular formula is C28H31NO6. The number of anilines is 1. The lowest BCUT2D eigenvalue weighted by molar-refractivity contribution is -0.154. The van der Waals surface area contributed by atoms with Crippen LogP contribution in [0.25, 0.3) is 0 Å². The van der Waals surface area contributed by atoms with Gasteiger partial charge in [-0.3, -0.25) is 14.4 Å². The Kier molecular flexibility index (Phi) is 7.63. The zero-order valence-corrected chi connectivity index (χ0v) is 20.1. The number of carbonyl (C=O) groups is 4. The average Bonchev–Trinajstić information content (AvgIpc) is 3.48. The van der Waals surface area contributed by atoms with Crippen molar-refractivity contribution < 1.29 is 28.7 Å². The lowest BCUT2D eigenvalue weighted by Gasteiger charge is -2.28. The van der Waals surface area contributed by atoms with Gasteiger partial charge in [0.15, 0.2) is 12.4 Å². The van der Waals surface area contributed by atoms with E-state index < -0.39 is 36.3 Å². The van der Waals surface area contributed by atoms with E-state index >= 15 is 0 Å². The van der Waals surface area contributed by atoms with Gasteiger partial charge in [-0.25, -0.2) is 4.79 Å². The Morgan fingerprint density at radius 3 is 2.17 bits per heavy atom. The lowest BCUT2D eigenvalue weighted by atomic mass is 9.75. The molecule has 0 aliphatic heterocycles. The first-order valence-corrected chi connectivity index (χ1v) is 12.2. The number of Topliss-reactive ketones (excluding diaryl/α,β-unsaturated/α-hetero) is 1. The van der Waals surface area contributed by atoms with E-state index in [0.29, 0.717) is 23.4 Å². The number of carbonyl (C=O) groups excluding carboxylic acids is 4. The van der Waals surface area contributed by atoms with Crippen LogP contribution in [0.1, 0.15) is 53.8 Å². The molecular weight excluding hydrogens is 446 g/mol. The highest BCUT2D eigenvalue weighted by atomic mass is 16.5. The molecule has 4 rings (SSSR count). The number of ketones is 1. The van der Waals surface area contributed by atoms with Gasteiger partial charge >= 0.3 is 11.9 Å². The molecule has 7 nitrogen and oxygen atoms in total. The second-order valence-electron chi connectivity index (χ2n) is 9.84. The van der Waals surface area contributed by atoms with Crippen molar-refractivity contribution in [3.63, 3.8) is 0 Å². The van der Waals surface area contributed by atoms with Crippen molar-refractivity contribution in [2.45, 2.75) is 33.1 Å². The number of hydrogen-bond donors (Lipinski definition) is 1. The Bertz CT molecular complexity index is 1080. The van der Waals surface area contributed by atoms with Gasteiger partial charge in [0.1, 0.15) is 0 Å². The smallest absolute Gasteiger partial charge is 0.338 e. The van der Waals surface area contributed by atoms with Crippen LogP contribution in [0.5, 0.6) is 0 Å². The predicted octanol–water partition coefficient (Wildman–Crippen LogP) is 4.53. The van der Waals surface area contributed by atoms with Gasteiger partial charge in [-0.05, 0) is 61.3 Å². The summed E-state index contributed by atoms with van der Waals surface area (Å²) in [5.74, 6) is -1.76. The molecule has 0 heterocycles. The minimum absolute atomic E-state index is 0.0174. The van der Waals surface area contributed by atoms with Crippen LogP contribution in [-0.2, 0) is 19.1 Å². The van der Waals surface area contributed by atoms with E-state index in [1.165, 1.54) is 0 Å². The molecule has 2 aliphatic carbocycles. The molecule has 184 valence electrons. The Labute approximate surface area is 205 Å². The summed E-state index contributed by atoms with van der Waals surface area (Å²) in [7, 11) is 0. The van der Waals surface area contributed by atoms with Gasteiger partial charge in [0.05, 0.1) is 18.1 Å². The number of benzene rings is 2. The van der Waals surface area contributed by atoms with Crippen LogP contribution in [-0.4, -0.2) is 36.8 Å². The van der Waals surface area contributed by atoms with Crippen LogP contribution >= 0.6 is 0 Å². The Morgan fingerprint density at radius 1 is 0.857 bits per heavy atom. The van der Waals surface area contributed by atoms with Gasteiger partial charge < -0.3 is 14.8 Å². The molecule has 1 N–H and O–H groups in total. The Morgan fingerprint density at radius 2 is 1.51 bits per heavy atom. The van der Waals surface area contributed by atoms with Crippen molar-refractivity contribution in [2.75, 3.05) is 18.5 Å². The molecule has 7 heteroatoms. The second-order valence-corrected chi connectivity index (χ2v) is 9.84. The lowest BCUT2D eigenvalue weighted by Crippen LogP contribution is -2.37. The van der Waals surface area contributed by atoms with E-state index in [9.17, 15) is 19.2 Å². The summed E-state index contributed by atoms with van der Waals surface area (Å²) >= 11 is 0. The van der Waals surface area contributed by atoms with Crippen LogP contribution < -0.4 is 5.32 Å². The molecule has 2 aliphatic rings. The summed E-state index contributed by atoms with van der Waals surface area (Å²) in [5, 5.41) is 2.66. The van der Waals surface area contributed by atoms with Gasteiger partial charge in [0.2, 0.25) is 0 Å². The van der Waals surface area contributed by atoms with E-state index in [2.05, 4.69) is 5.32 Å². The molecule has 0 unspecified atom stereocenters. The van der Waals surface area contributed by atoms with E-state index in [1.807, 2.05) is 32.0 Å². The largest absolute Gasteiger partial charge is 0.462 e. The number of esters is 2. The molecule has 2 aromatic rings. The molecule has 0 saturated heterocycles. The van der Waals surface area contributed by atoms with Crippen molar-refractivity contribution >= 4 is 29.3 Å². The highest BCUT2D eigenvalue weighted by molar-refractivity contribution is 6.01. The van der Waals surface area contributed by atoms with Gasteiger partial charge in [-0.1, -0.05) is 44.2 Å². The Balaban J connectivity index is 1.31. The zero-order chi connectivity index (χ0) is 24.9. The van der Waals surface area contributed by atoms with E-state index in [-0.39, 0.29) is 23.5 Å². The zero-order valence-electron chi connectivity index (χ0n) is 20.1. The normalized spacial score (nSPS) is 22.6. The summed E-state index contributed by atoms with van der Waals surface area (Å²) in [6.45, 7) is 3.81. The minimum atomic E-state index is -0.509. The topological polar surface area (TPSA) is 98.8 Å². The number of hydrogen-bond acceptors (Lipinski definition) is 6. The molecule has 2 fully saturated rings. The van der Waals surface area contributed by atoms with Crippen molar-refractivity contribution in [3.05, 3.63) is 65.7 Å². The molecule has 1 amide bonds. The highest BCUT2D eigenvalue weighted by Crippen LogP contribution is 2.53. The van der Waals surface area contributed by atoms with Crippen molar-refractivity contribution in [3.8, 4) is 0 Å². The van der Waals surface area contributed by atoms with Crippen LogP contribution in [0.15, 0.2) is 54.6 Å². The first kappa shape index (κ1) is 24.6. The van der Waals surface area contributed by atoms with Crippen LogP contribution in [0.2, 0.25) is 0 Å². The van der Waals surface area contributed by atoms with Crippen LogP contribution in [0.3, 0.4) is 0 Å². The summed E-state index contributed by atoms with van der Waals surface area (Å²) < 4.78 is 10.6. The quantitative estimate of drug-likeness (QED) is 0.421. The third kappa shape index (κ3) is 5.78. The van der Waals surface area contributed by atoms with Gasteiger partial charge in [0.25, 0.3) is 5.91 Å². The average molecular weight is 478 g/mol. The number of nitrogens with one attached hydrogen (secondary N) is 1. The third-order valence-corrected chi connectivity index (χ3v) is 6.85. The van der Waals surface area contributed by atoms with Gasteiger partial charge in [-0.2, -0.15) is 0 Å². The van der Waals surface area contributed by atoms with E-state index in [4.69, 9.17) is 9.47 Å². The number of amides is 1. The molecule has 2 aromatic carbocycles. The minimum Gasteiger partial charge on any atom is -0.462 e. The molecule has 2 bridgehead atoms. The molecule has 4 atom stereocenters. The van der Waals surface area contributed by atoms with E-state index in [1.54, 1.807) is 36.4 Å². The first-order valence-electron chi connectivity index (χ1n) is 12.2. The fourth-order valence-electron chi connectivity index (χ4n) is 5.25. The van der Waals surface area contributed by atoms with Crippen LogP contribution in [0, 0.1) is 29.6 Å². The molecule has 2 saturated carbocycles. The van der Waals surface area contributed by atoms with Gasteiger partial charge in [-0.15, -0.1) is 0 Å². The molecule has 0 radical (unpaired) electrons. The molecule has 0 aromatic heterocycles. The fraction of sp³-hybridized carbons (Fsp3) is 0.429. The summed E-state index contributed by atoms with van der Waals surface area (Å²) in [4.78, 5) is 50.5. The van der Waals surface area contributed by atoms with Crippen LogP contribution in [0.4, 0.5) is 5.69 Å². The second kappa shape index (κ2) is 10.8. The molecule has 35 heavy (non-hydrogen) atoms. The fourth-order valence-corrected chi connectivity index (χ4v) is 5.25. The SMILES string of the molecule is CC(C)COC(=O)c1ccc(NC(=O)COC(=O)[C@H]2[C@H]3CC[C@@H](C3)[C@H]2C(=O)c2ccccc2)cc1. The maximum Gasteiger partial charge on any atom is 0.338 e. The number of fused-ring (bicyclic) bond motifs is 2. The van der Waals surface area contributed by atoms with E-state index in [0.717, 1.165) is 19.3 Å². The maximum absolute atomic E-state index is 13.2. The van der Waals surface area contributed by atoms with Crippen molar-refractivity contribution in [2.24, 2.45) is 29.6 Å². The standard InChI is InChI=1S/C28H31NO6/c1-17(2)15-34-27(32)19-10-12-22(13-11-19)29-23(30)16-35-28(33)25-21-9-8-20(14-21)24(25)26(31)18-6-4-3-5-7-18/h3-7,10-13,17,20-21,24-25H,8-9,14-16H2,1-2H3,(H,29,30)/t20-,21-,24+,25-/m0/s1. The maximum atomic E-state index is 13.2. The Hall–Kier alpha value is -3.48. The summed E-state index contributed by atoms with van der Waals surface area (Å²) in [6, 6.07) is 15.4. The number of rotatable bonds is 9. The predicted molar refractivity (Wildman–Crippen MR) is 130 cm³/mol. The highest BCUT2D eigenvalue weighted by Gasteiger charge is 2.54. The first-order chi connectivity index (χ1) is 16.8. The van der Waals surface area contributed by atoms with Crippen molar-refractivity contribution in [1.29, 1.82) is 0 Å². The van der Waals surface area contributed by atoms with Gasteiger partial charge in [0, 0.05) is 17.2 Å².